The molecule has 5 heteroatoms. The Hall–Kier alpha value is -0.750. The lowest BCUT2D eigenvalue weighted by Gasteiger charge is -2.08. The van der Waals surface area contributed by atoms with E-state index in [1.807, 2.05) is 18.2 Å². The van der Waals surface area contributed by atoms with Crippen LogP contribution < -0.4 is 5.73 Å². The fourth-order valence-corrected chi connectivity index (χ4v) is 2.38. The molecule has 1 aromatic rings. The standard InChI is InChI=1S/C14H23NO3S/c1-12-3-4-13(15)11-14(12)19-10-9-18-8-7-17-6-5-16-2/h3-4,11H,5-10,15H2,1-2H3. The fraction of sp³-hybridized carbons (Fsp3) is 0.571. The topological polar surface area (TPSA) is 53.7 Å². The van der Waals surface area contributed by atoms with E-state index >= 15 is 0 Å². The summed E-state index contributed by atoms with van der Waals surface area (Å²) < 4.78 is 15.7. The molecule has 0 aliphatic carbocycles. The molecule has 4 nitrogen and oxygen atoms in total. The molecule has 0 fully saturated rings. The van der Waals surface area contributed by atoms with E-state index in [4.69, 9.17) is 19.9 Å². The molecule has 0 saturated carbocycles. The molecule has 0 atom stereocenters. The predicted molar refractivity (Wildman–Crippen MR) is 79.8 cm³/mol. The molecule has 0 radical (unpaired) electrons. The largest absolute Gasteiger partial charge is 0.399 e. The number of ether oxygens (including phenoxy) is 3. The number of hydrogen-bond acceptors (Lipinski definition) is 5. The Morgan fingerprint density at radius 1 is 1.05 bits per heavy atom. The normalized spacial score (nSPS) is 10.8. The van der Waals surface area contributed by atoms with Crippen LogP contribution in [0.25, 0.3) is 0 Å². The van der Waals surface area contributed by atoms with Gasteiger partial charge in [-0.3, -0.25) is 0 Å². The minimum Gasteiger partial charge on any atom is -0.399 e. The van der Waals surface area contributed by atoms with Gasteiger partial charge in [-0.25, -0.2) is 0 Å². The van der Waals surface area contributed by atoms with Crippen molar-refractivity contribution >= 4 is 17.4 Å². The Labute approximate surface area is 119 Å². The van der Waals surface area contributed by atoms with Gasteiger partial charge < -0.3 is 19.9 Å². The zero-order valence-corrected chi connectivity index (χ0v) is 12.5. The number of methoxy groups -OCH3 is 1. The van der Waals surface area contributed by atoms with Crippen LogP contribution in [-0.4, -0.2) is 45.9 Å². The first-order valence-electron chi connectivity index (χ1n) is 6.37. The second kappa shape index (κ2) is 10.1. The summed E-state index contributed by atoms with van der Waals surface area (Å²) in [4.78, 5) is 1.22. The Balaban J connectivity index is 2.03. The number of thioether (sulfide) groups is 1. The minimum absolute atomic E-state index is 0.616. The van der Waals surface area contributed by atoms with Gasteiger partial charge in [0.2, 0.25) is 0 Å². The highest BCUT2D eigenvalue weighted by Gasteiger charge is 1.99. The lowest BCUT2D eigenvalue weighted by molar-refractivity contribution is 0.0286. The van der Waals surface area contributed by atoms with E-state index in [0.717, 1.165) is 11.4 Å². The Morgan fingerprint density at radius 3 is 2.47 bits per heavy atom. The zero-order valence-electron chi connectivity index (χ0n) is 11.7. The van der Waals surface area contributed by atoms with Gasteiger partial charge in [-0.1, -0.05) is 6.07 Å². The van der Waals surface area contributed by atoms with Crippen LogP contribution in [0.5, 0.6) is 0 Å². The summed E-state index contributed by atoms with van der Waals surface area (Å²) in [5, 5.41) is 0. The lowest BCUT2D eigenvalue weighted by atomic mass is 10.2. The highest BCUT2D eigenvalue weighted by molar-refractivity contribution is 7.99. The maximum atomic E-state index is 5.77. The zero-order chi connectivity index (χ0) is 13.9. The van der Waals surface area contributed by atoms with Gasteiger partial charge in [0.25, 0.3) is 0 Å². The Kier molecular flexibility index (Phi) is 8.66. The van der Waals surface area contributed by atoms with Crippen molar-refractivity contribution in [3.63, 3.8) is 0 Å². The van der Waals surface area contributed by atoms with Crippen LogP contribution in [-0.2, 0) is 14.2 Å². The third-order valence-corrected chi connectivity index (χ3v) is 3.62. The molecule has 2 N–H and O–H groups in total. The Bertz CT molecular complexity index is 361. The van der Waals surface area contributed by atoms with Crippen molar-refractivity contribution in [3.8, 4) is 0 Å². The van der Waals surface area contributed by atoms with Crippen molar-refractivity contribution in [2.24, 2.45) is 0 Å². The van der Waals surface area contributed by atoms with Crippen molar-refractivity contribution in [2.45, 2.75) is 11.8 Å². The summed E-state index contributed by atoms with van der Waals surface area (Å²) in [6.45, 7) is 5.30. The first kappa shape index (κ1) is 16.3. The maximum Gasteiger partial charge on any atom is 0.0701 e. The molecule has 0 unspecified atom stereocenters. The van der Waals surface area contributed by atoms with E-state index in [-0.39, 0.29) is 0 Å². The molecule has 108 valence electrons. The SMILES string of the molecule is COCCOCCOCCSc1cc(N)ccc1C. The molecule has 0 heterocycles. The van der Waals surface area contributed by atoms with E-state index in [9.17, 15) is 0 Å². The molecule has 0 saturated heterocycles. The summed E-state index contributed by atoms with van der Waals surface area (Å²) in [5.74, 6) is 0.919. The van der Waals surface area contributed by atoms with E-state index in [0.29, 0.717) is 33.0 Å². The van der Waals surface area contributed by atoms with Crippen LogP contribution in [0.2, 0.25) is 0 Å². The number of rotatable bonds is 10. The van der Waals surface area contributed by atoms with E-state index in [1.54, 1.807) is 18.9 Å². The number of nitrogen functional groups attached to an aromatic ring is 1. The lowest BCUT2D eigenvalue weighted by Crippen LogP contribution is -2.09. The Morgan fingerprint density at radius 2 is 1.74 bits per heavy atom. The van der Waals surface area contributed by atoms with Crippen molar-refractivity contribution in [2.75, 3.05) is 51.6 Å². The first-order valence-corrected chi connectivity index (χ1v) is 7.36. The number of benzene rings is 1. The van der Waals surface area contributed by atoms with Crippen LogP contribution in [0.15, 0.2) is 23.1 Å². The number of anilines is 1. The third-order valence-electron chi connectivity index (χ3n) is 2.50. The van der Waals surface area contributed by atoms with Gasteiger partial charge in [0, 0.05) is 23.4 Å². The predicted octanol–water partition coefficient (Wildman–Crippen LogP) is 2.35. The van der Waals surface area contributed by atoms with Crippen LogP contribution in [0.1, 0.15) is 5.56 Å². The molecule has 0 spiro atoms. The second-order valence-corrected chi connectivity index (χ2v) is 5.23. The van der Waals surface area contributed by atoms with Gasteiger partial charge in [0.05, 0.1) is 33.0 Å². The summed E-state index contributed by atoms with van der Waals surface area (Å²) in [7, 11) is 1.66. The molecule has 0 aromatic heterocycles. The first-order chi connectivity index (χ1) is 9.24. The molecular formula is C14H23NO3S. The van der Waals surface area contributed by atoms with Crippen molar-refractivity contribution < 1.29 is 14.2 Å². The molecule has 0 amide bonds. The quantitative estimate of drug-likeness (QED) is 0.406. The van der Waals surface area contributed by atoms with Crippen LogP contribution in [0.3, 0.4) is 0 Å². The van der Waals surface area contributed by atoms with E-state index in [1.165, 1.54) is 10.5 Å². The number of aryl methyl sites for hydroxylation is 1. The van der Waals surface area contributed by atoms with Crippen LogP contribution in [0, 0.1) is 6.92 Å². The summed E-state index contributed by atoms with van der Waals surface area (Å²) in [5.41, 5.74) is 7.82. The third kappa shape index (κ3) is 7.42. The molecule has 19 heavy (non-hydrogen) atoms. The van der Waals surface area contributed by atoms with Crippen LogP contribution in [0.4, 0.5) is 5.69 Å². The summed E-state index contributed by atoms with van der Waals surface area (Å²) in [6.07, 6.45) is 0. The molecule has 0 bridgehead atoms. The number of nitrogens with two attached hydrogens (primary N) is 1. The average Bonchev–Trinajstić information content (AvgIpc) is 2.40. The molecule has 1 rings (SSSR count). The average molecular weight is 285 g/mol. The van der Waals surface area contributed by atoms with Gasteiger partial charge >= 0.3 is 0 Å². The van der Waals surface area contributed by atoms with Crippen molar-refractivity contribution in [3.05, 3.63) is 23.8 Å². The monoisotopic (exact) mass is 285 g/mol. The fourth-order valence-electron chi connectivity index (χ4n) is 1.45. The van der Waals surface area contributed by atoms with Crippen molar-refractivity contribution in [1.82, 2.24) is 0 Å². The van der Waals surface area contributed by atoms with Gasteiger partial charge in [0.15, 0.2) is 0 Å². The molecule has 1 aromatic carbocycles. The van der Waals surface area contributed by atoms with Gasteiger partial charge in [-0.15, -0.1) is 11.8 Å². The molecular weight excluding hydrogens is 262 g/mol. The molecule has 0 aliphatic rings. The second-order valence-electron chi connectivity index (χ2n) is 4.09. The summed E-state index contributed by atoms with van der Waals surface area (Å²) in [6, 6.07) is 5.98. The minimum atomic E-state index is 0.616. The van der Waals surface area contributed by atoms with Crippen LogP contribution >= 0.6 is 11.8 Å². The van der Waals surface area contributed by atoms with Gasteiger partial charge in [-0.2, -0.15) is 0 Å². The molecule has 0 aliphatic heterocycles. The van der Waals surface area contributed by atoms with E-state index in [2.05, 4.69) is 6.92 Å². The smallest absolute Gasteiger partial charge is 0.0701 e. The summed E-state index contributed by atoms with van der Waals surface area (Å²) >= 11 is 1.77. The van der Waals surface area contributed by atoms with Gasteiger partial charge in [0.1, 0.15) is 0 Å². The van der Waals surface area contributed by atoms with Gasteiger partial charge in [-0.05, 0) is 24.6 Å². The highest BCUT2D eigenvalue weighted by atomic mass is 32.2. The highest BCUT2D eigenvalue weighted by Crippen LogP contribution is 2.24. The van der Waals surface area contributed by atoms with Crippen molar-refractivity contribution in [1.29, 1.82) is 0 Å². The number of hydrogen-bond donors (Lipinski definition) is 1. The van der Waals surface area contributed by atoms with E-state index < -0.39 is 0 Å². The maximum absolute atomic E-state index is 5.77.